The molecule has 4 aromatic rings. The van der Waals surface area contributed by atoms with Gasteiger partial charge in [0, 0.05) is 67.7 Å². The smallest absolute Gasteiger partial charge is 0.319 e. The van der Waals surface area contributed by atoms with Crippen molar-refractivity contribution in [3.8, 4) is 17.3 Å². The predicted octanol–water partition coefficient (Wildman–Crippen LogP) is 4.84. The molecule has 0 radical (unpaired) electrons. The van der Waals surface area contributed by atoms with E-state index in [0.29, 0.717) is 41.8 Å². The molecule has 2 unspecified atom stereocenters. The van der Waals surface area contributed by atoms with Crippen molar-refractivity contribution >= 4 is 27.5 Å². The molecule has 0 saturated carbocycles. The Bertz CT molecular complexity index is 1670. The minimum absolute atomic E-state index is 0.133. The molecule has 8 rings (SSSR count). The Labute approximate surface area is 243 Å². The normalized spacial score (nSPS) is 27.3. The number of aromatic nitrogens is 4. The van der Waals surface area contributed by atoms with Crippen molar-refractivity contribution in [2.75, 3.05) is 37.7 Å². The number of piperazine rings is 1. The van der Waals surface area contributed by atoms with Crippen LogP contribution in [-0.2, 0) is 6.42 Å². The lowest BCUT2D eigenvalue weighted by Gasteiger charge is -2.34. The van der Waals surface area contributed by atoms with Gasteiger partial charge in [-0.1, -0.05) is 25.1 Å². The van der Waals surface area contributed by atoms with Gasteiger partial charge in [0.15, 0.2) is 5.82 Å². The SMILES string of the molecule is CCc1cccc2cncc(-c3ncc4c(N5CC6CCC(C5)N6)nc(OC[C@@]56CCCN5C[C@H](F)C6)nc4c3F)c12. The van der Waals surface area contributed by atoms with Crippen LogP contribution in [-0.4, -0.2) is 81.4 Å². The Kier molecular flexibility index (Phi) is 6.26. The van der Waals surface area contributed by atoms with Crippen molar-refractivity contribution in [3.05, 3.63) is 48.2 Å². The summed E-state index contributed by atoms with van der Waals surface area (Å²) >= 11 is 0. The number of benzene rings is 1. The summed E-state index contributed by atoms with van der Waals surface area (Å²) in [5, 5.41) is 6.12. The number of pyridine rings is 2. The van der Waals surface area contributed by atoms with Gasteiger partial charge in [-0.25, -0.2) is 8.78 Å². The first kappa shape index (κ1) is 26.2. The number of nitrogens with one attached hydrogen (secondary N) is 1. The van der Waals surface area contributed by atoms with Crippen molar-refractivity contribution in [3.63, 3.8) is 0 Å². The first-order valence-electron chi connectivity index (χ1n) is 15.3. The second-order valence-electron chi connectivity index (χ2n) is 12.5. The lowest BCUT2D eigenvalue weighted by Crippen LogP contribution is -2.51. The van der Waals surface area contributed by atoms with Gasteiger partial charge in [-0.05, 0) is 49.6 Å². The Morgan fingerprint density at radius 1 is 1.10 bits per heavy atom. The second-order valence-corrected chi connectivity index (χ2v) is 12.5. The van der Waals surface area contributed by atoms with E-state index in [9.17, 15) is 4.39 Å². The number of anilines is 1. The molecule has 10 heteroatoms. The van der Waals surface area contributed by atoms with Gasteiger partial charge in [0.1, 0.15) is 29.8 Å². The maximum Gasteiger partial charge on any atom is 0.319 e. The topological polar surface area (TPSA) is 79.3 Å². The van der Waals surface area contributed by atoms with E-state index in [2.05, 4.69) is 43.1 Å². The fourth-order valence-electron chi connectivity index (χ4n) is 7.92. The van der Waals surface area contributed by atoms with E-state index in [4.69, 9.17) is 9.72 Å². The number of nitrogens with zero attached hydrogens (tertiary/aromatic N) is 6. The Hall–Kier alpha value is -3.50. The first-order valence-corrected chi connectivity index (χ1v) is 15.3. The molecule has 7 heterocycles. The summed E-state index contributed by atoms with van der Waals surface area (Å²) in [6.07, 6.45) is 9.71. The third-order valence-electron chi connectivity index (χ3n) is 9.90. The second kappa shape index (κ2) is 10.1. The molecule has 0 spiro atoms. The minimum atomic E-state index is -0.855. The van der Waals surface area contributed by atoms with Crippen LogP contribution in [0.4, 0.5) is 14.6 Å². The molecular formula is C32H35F2N7O. The van der Waals surface area contributed by atoms with Crippen LogP contribution in [0.3, 0.4) is 0 Å². The van der Waals surface area contributed by atoms with Crippen LogP contribution in [0.15, 0.2) is 36.8 Å². The van der Waals surface area contributed by atoms with Crippen molar-refractivity contribution < 1.29 is 13.5 Å². The fourth-order valence-corrected chi connectivity index (χ4v) is 7.92. The number of fused-ring (bicyclic) bond motifs is 5. The van der Waals surface area contributed by atoms with Crippen molar-refractivity contribution in [2.24, 2.45) is 0 Å². The van der Waals surface area contributed by atoms with Crippen LogP contribution in [0.2, 0.25) is 0 Å². The predicted molar refractivity (Wildman–Crippen MR) is 158 cm³/mol. The number of hydrogen-bond donors (Lipinski definition) is 1. The number of alkyl halides is 1. The molecule has 4 saturated heterocycles. The van der Waals surface area contributed by atoms with Crippen LogP contribution < -0.4 is 15.0 Å². The summed E-state index contributed by atoms with van der Waals surface area (Å²) in [4.78, 5) is 23.0. The fraction of sp³-hybridized carbons (Fsp3) is 0.500. The number of hydrogen-bond acceptors (Lipinski definition) is 8. The van der Waals surface area contributed by atoms with Gasteiger partial charge >= 0.3 is 6.01 Å². The molecule has 4 aliphatic rings. The van der Waals surface area contributed by atoms with Crippen molar-refractivity contribution in [2.45, 2.75) is 69.2 Å². The molecule has 1 N–H and O–H groups in total. The highest BCUT2D eigenvalue weighted by molar-refractivity contribution is 6.00. The summed E-state index contributed by atoms with van der Waals surface area (Å²) in [5.41, 5.74) is 1.81. The van der Waals surface area contributed by atoms with E-state index in [-0.39, 0.29) is 29.4 Å². The molecule has 0 aliphatic carbocycles. The standard InChI is InChI=1S/C32H35F2N7O/c1-2-19-5-3-6-20-12-35-13-24(26(19)20)28-27(34)29-25(14-36-28)30(40-16-22-7-8-23(17-40)37-22)39-31(38-29)42-18-32-9-4-10-41(32)15-21(33)11-32/h3,5-6,12-14,21-23,37H,2,4,7-11,15-18H2,1H3/t21-,22?,23?,32+/m1/s1. The van der Waals surface area contributed by atoms with Crippen LogP contribution in [0, 0.1) is 5.82 Å². The Morgan fingerprint density at radius 3 is 2.79 bits per heavy atom. The van der Waals surface area contributed by atoms with E-state index in [0.717, 1.165) is 68.1 Å². The average Bonchev–Trinajstić information content (AvgIpc) is 3.65. The zero-order chi connectivity index (χ0) is 28.4. The van der Waals surface area contributed by atoms with Gasteiger partial charge in [0.25, 0.3) is 0 Å². The van der Waals surface area contributed by atoms with Crippen LogP contribution >= 0.6 is 0 Å². The van der Waals surface area contributed by atoms with Crippen molar-refractivity contribution in [1.29, 1.82) is 0 Å². The Morgan fingerprint density at radius 2 is 1.95 bits per heavy atom. The highest BCUT2D eigenvalue weighted by Crippen LogP contribution is 2.41. The molecule has 1 aromatic carbocycles. The van der Waals surface area contributed by atoms with E-state index in [1.807, 2.05) is 12.1 Å². The van der Waals surface area contributed by atoms with Crippen LogP contribution in [0.25, 0.3) is 32.9 Å². The summed E-state index contributed by atoms with van der Waals surface area (Å²) < 4.78 is 37.4. The Balaban J connectivity index is 1.25. The summed E-state index contributed by atoms with van der Waals surface area (Å²) in [6.45, 7) is 5.25. The molecule has 4 fully saturated rings. The molecule has 0 amide bonds. The summed E-state index contributed by atoms with van der Waals surface area (Å²) in [6, 6.07) is 6.93. The zero-order valence-corrected chi connectivity index (χ0v) is 23.8. The van der Waals surface area contributed by atoms with Crippen LogP contribution in [0.5, 0.6) is 6.01 Å². The number of ether oxygens (including phenoxy) is 1. The molecule has 218 valence electrons. The third-order valence-corrected chi connectivity index (χ3v) is 9.90. The van der Waals surface area contributed by atoms with Gasteiger partial charge in [-0.15, -0.1) is 0 Å². The molecule has 42 heavy (non-hydrogen) atoms. The van der Waals surface area contributed by atoms with Crippen molar-refractivity contribution in [1.82, 2.24) is 30.2 Å². The van der Waals surface area contributed by atoms with Gasteiger partial charge < -0.3 is 15.0 Å². The number of halogens is 2. The van der Waals surface area contributed by atoms with E-state index >= 15 is 4.39 Å². The maximum atomic E-state index is 16.7. The maximum absolute atomic E-state index is 16.7. The van der Waals surface area contributed by atoms with E-state index in [1.165, 1.54) is 0 Å². The first-order chi connectivity index (χ1) is 20.5. The summed E-state index contributed by atoms with van der Waals surface area (Å²) in [5.74, 6) is 0.136. The lowest BCUT2D eigenvalue weighted by atomic mass is 9.95. The van der Waals surface area contributed by atoms with Gasteiger partial charge in [-0.3, -0.25) is 14.9 Å². The zero-order valence-electron chi connectivity index (χ0n) is 23.8. The third kappa shape index (κ3) is 4.21. The average molecular weight is 572 g/mol. The molecule has 8 nitrogen and oxygen atoms in total. The molecular weight excluding hydrogens is 536 g/mol. The highest BCUT2D eigenvalue weighted by atomic mass is 19.1. The number of aryl methyl sites for hydroxylation is 1. The largest absolute Gasteiger partial charge is 0.461 e. The van der Waals surface area contributed by atoms with Gasteiger partial charge in [0.05, 0.1) is 10.9 Å². The highest BCUT2D eigenvalue weighted by Gasteiger charge is 2.49. The lowest BCUT2D eigenvalue weighted by molar-refractivity contribution is 0.107. The monoisotopic (exact) mass is 571 g/mol. The summed E-state index contributed by atoms with van der Waals surface area (Å²) in [7, 11) is 0. The van der Waals surface area contributed by atoms with Crippen LogP contribution in [0.1, 0.15) is 44.6 Å². The molecule has 4 aliphatic heterocycles. The molecule has 3 aromatic heterocycles. The van der Waals surface area contributed by atoms with E-state index in [1.54, 1.807) is 18.6 Å². The van der Waals surface area contributed by atoms with Gasteiger partial charge in [0.2, 0.25) is 0 Å². The van der Waals surface area contributed by atoms with Gasteiger partial charge in [-0.2, -0.15) is 9.97 Å². The molecule has 2 bridgehead atoms. The molecule has 4 atom stereocenters. The minimum Gasteiger partial charge on any atom is -0.461 e. The van der Waals surface area contributed by atoms with E-state index < -0.39 is 12.0 Å². The quantitative estimate of drug-likeness (QED) is 0.353. The number of rotatable bonds is 6.